The van der Waals surface area contributed by atoms with Crippen LogP contribution in [0.15, 0.2) is 0 Å². The Labute approximate surface area is 123 Å². The molecule has 0 radical (unpaired) electrons. The highest BCUT2D eigenvalue weighted by Crippen LogP contribution is 2.22. The van der Waals surface area contributed by atoms with Crippen LogP contribution < -0.4 is 5.32 Å². The third-order valence-electron chi connectivity index (χ3n) is 2.94. The quantitative estimate of drug-likeness (QED) is 0.156. The lowest BCUT2D eigenvalue weighted by Crippen LogP contribution is -2.70. The minimum absolute atomic E-state index is 0.0994. The molecule has 122 valence electrons. The summed E-state index contributed by atoms with van der Waals surface area (Å²) < 4.78 is 4.89. The normalized spacial score (nSPS) is 32.5. The van der Waals surface area contributed by atoms with Crippen LogP contribution in [0.3, 0.4) is 0 Å². The van der Waals surface area contributed by atoms with E-state index in [-0.39, 0.29) is 10.9 Å². The number of nitrogens with zero attached hydrogens (tertiary/aromatic N) is 2. The Bertz CT molecular complexity index is 399. The van der Waals surface area contributed by atoms with Crippen LogP contribution in [0.25, 0.3) is 0 Å². The van der Waals surface area contributed by atoms with Gasteiger partial charge in [-0.1, -0.05) is 0 Å². The Morgan fingerprint density at radius 3 is 2.67 bits per heavy atom. The molecule has 1 aliphatic heterocycles. The Kier molecular flexibility index (Phi) is 6.07. The molecular formula is C9H16ClN3O8. The summed E-state index contributed by atoms with van der Waals surface area (Å²) >= 11 is 5.32. The Hall–Kier alpha value is -1.24. The molecule has 0 bridgehead atoms. The summed E-state index contributed by atoms with van der Waals surface area (Å²) in [5, 5.41) is 49.9. The maximum absolute atomic E-state index is 11.7. The molecule has 21 heavy (non-hydrogen) atoms. The monoisotopic (exact) mass is 329 g/mol. The van der Waals surface area contributed by atoms with Gasteiger partial charge in [0.15, 0.2) is 10.8 Å². The van der Waals surface area contributed by atoms with Crippen molar-refractivity contribution in [2.45, 2.75) is 24.0 Å². The highest BCUT2D eigenvalue weighted by molar-refractivity contribution is 6.18. The average Bonchev–Trinajstić information content (AvgIpc) is 2.42. The summed E-state index contributed by atoms with van der Waals surface area (Å²) in [6, 6.07) is -1.33. The second kappa shape index (κ2) is 7.15. The van der Waals surface area contributed by atoms with Gasteiger partial charge in [0.05, 0.1) is 13.2 Å². The lowest BCUT2D eigenvalue weighted by Gasteiger charge is -2.42. The summed E-state index contributed by atoms with van der Waals surface area (Å²) in [6.45, 7) is -1.72. The highest BCUT2D eigenvalue weighted by atomic mass is 35.5. The van der Waals surface area contributed by atoms with E-state index < -0.39 is 54.9 Å². The van der Waals surface area contributed by atoms with Crippen LogP contribution in [0.4, 0.5) is 4.79 Å². The molecule has 1 aliphatic rings. The first kappa shape index (κ1) is 17.8. The number of hydrazine groups is 1. The number of carbonyl (C=O) groups excluding carboxylic acids is 1. The lowest BCUT2D eigenvalue weighted by molar-refractivity contribution is -0.631. The number of ether oxygens (including phenoxy) is 1. The van der Waals surface area contributed by atoms with E-state index >= 15 is 0 Å². The van der Waals surface area contributed by atoms with Gasteiger partial charge in [-0.25, -0.2) is 14.9 Å². The summed E-state index contributed by atoms with van der Waals surface area (Å²) in [6.07, 6.45) is -4.74. The second-order valence-electron chi connectivity index (χ2n) is 4.37. The predicted molar refractivity (Wildman–Crippen MR) is 66.7 cm³/mol. The fraction of sp³-hybridized carbons (Fsp3) is 0.889. The van der Waals surface area contributed by atoms with Gasteiger partial charge < -0.3 is 30.5 Å². The topological polar surface area (TPSA) is 166 Å². The average molecular weight is 330 g/mol. The van der Waals surface area contributed by atoms with Crippen molar-refractivity contribution < 1.29 is 35.0 Å². The van der Waals surface area contributed by atoms with E-state index in [1.165, 1.54) is 0 Å². The van der Waals surface area contributed by atoms with E-state index in [4.69, 9.17) is 21.4 Å². The van der Waals surface area contributed by atoms with E-state index in [2.05, 4.69) is 0 Å². The number of hydrogen-bond acceptors (Lipinski definition) is 8. The number of alkyl halides is 1. The van der Waals surface area contributed by atoms with Crippen LogP contribution in [0.5, 0.6) is 0 Å². The van der Waals surface area contributed by atoms with Crippen molar-refractivity contribution in [3.8, 4) is 0 Å². The van der Waals surface area contributed by atoms with Crippen molar-refractivity contribution in [2.24, 2.45) is 0 Å². The molecule has 12 heteroatoms. The van der Waals surface area contributed by atoms with Crippen LogP contribution in [-0.2, 0) is 4.74 Å². The van der Waals surface area contributed by atoms with Crippen LogP contribution >= 0.6 is 11.6 Å². The number of nitro groups is 1. The lowest BCUT2D eigenvalue weighted by atomic mass is 9.95. The predicted octanol–water partition coefficient (Wildman–Crippen LogP) is -2.77. The summed E-state index contributed by atoms with van der Waals surface area (Å²) in [7, 11) is 0. The molecular weight excluding hydrogens is 314 g/mol. The molecule has 0 aromatic rings. The molecule has 1 rings (SSSR count). The molecule has 1 heterocycles. The van der Waals surface area contributed by atoms with Gasteiger partial charge >= 0.3 is 6.03 Å². The molecule has 0 aromatic heterocycles. The first-order valence-corrected chi connectivity index (χ1v) is 6.41. The fourth-order valence-electron chi connectivity index (χ4n) is 1.76. The minimum Gasteiger partial charge on any atom is -0.394 e. The third-order valence-corrected chi connectivity index (χ3v) is 3.11. The number of amides is 2. The molecule has 0 spiro atoms. The summed E-state index contributed by atoms with van der Waals surface area (Å²) in [4.78, 5) is 22.4. The van der Waals surface area contributed by atoms with Gasteiger partial charge in [0.1, 0.15) is 24.9 Å². The van der Waals surface area contributed by atoms with Gasteiger partial charge in [-0.2, -0.15) is 0 Å². The molecule has 1 fully saturated rings. The Morgan fingerprint density at radius 2 is 2.19 bits per heavy atom. The zero-order chi connectivity index (χ0) is 16.2. The maximum atomic E-state index is 11.7. The largest absolute Gasteiger partial charge is 0.394 e. The molecule has 0 saturated carbocycles. The number of halogens is 1. The summed E-state index contributed by atoms with van der Waals surface area (Å²) in [5.41, 5.74) is -2.44. The molecule has 4 atom stereocenters. The van der Waals surface area contributed by atoms with Crippen molar-refractivity contribution in [2.75, 3.05) is 25.6 Å². The summed E-state index contributed by atoms with van der Waals surface area (Å²) in [5.74, 6) is -0.221. The molecule has 1 saturated heterocycles. The van der Waals surface area contributed by atoms with Crippen LogP contribution in [0, 0.1) is 10.1 Å². The van der Waals surface area contributed by atoms with Crippen molar-refractivity contribution >= 4 is 17.6 Å². The third kappa shape index (κ3) is 3.90. The number of carbonyl (C=O) groups is 1. The van der Waals surface area contributed by atoms with E-state index in [9.17, 15) is 30.2 Å². The van der Waals surface area contributed by atoms with Crippen molar-refractivity contribution in [1.82, 2.24) is 10.3 Å². The minimum atomic E-state index is -2.44. The van der Waals surface area contributed by atoms with Crippen molar-refractivity contribution in [1.29, 1.82) is 0 Å². The molecule has 2 amide bonds. The fourth-order valence-corrected chi connectivity index (χ4v) is 1.92. The van der Waals surface area contributed by atoms with E-state index in [1.807, 2.05) is 5.32 Å². The number of aliphatic hydroxyl groups is 4. The van der Waals surface area contributed by atoms with Crippen LogP contribution in [-0.4, -0.2) is 86.2 Å². The van der Waals surface area contributed by atoms with E-state index in [1.54, 1.807) is 0 Å². The van der Waals surface area contributed by atoms with Crippen molar-refractivity contribution in [3.05, 3.63) is 10.1 Å². The highest BCUT2D eigenvalue weighted by Gasteiger charge is 2.50. The Balaban J connectivity index is 2.80. The zero-order valence-corrected chi connectivity index (χ0v) is 11.5. The Morgan fingerprint density at radius 1 is 1.57 bits per heavy atom. The maximum Gasteiger partial charge on any atom is 0.377 e. The van der Waals surface area contributed by atoms with Gasteiger partial charge in [-0.15, -0.1) is 11.6 Å². The van der Waals surface area contributed by atoms with Gasteiger partial charge in [-0.05, 0) is 5.01 Å². The number of urea groups is 1. The van der Waals surface area contributed by atoms with Gasteiger partial charge in [0.2, 0.25) is 0 Å². The first-order valence-electron chi connectivity index (χ1n) is 5.87. The van der Waals surface area contributed by atoms with E-state index in [0.29, 0.717) is 0 Å². The SMILES string of the molecule is O=C(N[C@]1(O)CO[C@H](CO)[C@@H](O)[C@@H]1O)N(CCCl)[N+](=O)[O-]. The standard InChI is InChI=1S/C9H16ClN3O8/c10-1-2-12(13(19)20)8(17)11-9(18)4-21-5(3-14)6(15)7(9)16/h5-7,14-16,18H,1-4H2,(H,11,17)/t5-,6-,7+,9+/m1/s1. The van der Waals surface area contributed by atoms with E-state index in [0.717, 1.165) is 0 Å². The number of rotatable bonds is 5. The van der Waals surface area contributed by atoms with Crippen LogP contribution in [0.1, 0.15) is 0 Å². The molecule has 0 unspecified atom stereocenters. The smallest absolute Gasteiger partial charge is 0.377 e. The zero-order valence-electron chi connectivity index (χ0n) is 10.8. The molecule has 11 nitrogen and oxygen atoms in total. The second-order valence-corrected chi connectivity index (χ2v) is 4.75. The molecule has 0 aromatic carbocycles. The molecule has 0 aliphatic carbocycles. The van der Waals surface area contributed by atoms with Gasteiger partial charge in [0.25, 0.3) is 0 Å². The number of hydrogen-bond donors (Lipinski definition) is 5. The molecule has 5 N–H and O–H groups in total. The number of aliphatic hydroxyl groups excluding tert-OH is 3. The van der Waals surface area contributed by atoms with Gasteiger partial charge in [0, 0.05) is 5.88 Å². The van der Waals surface area contributed by atoms with Gasteiger partial charge in [-0.3, -0.25) is 0 Å². The number of nitrogens with one attached hydrogen (secondary N) is 1. The van der Waals surface area contributed by atoms with Crippen LogP contribution in [0.2, 0.25) is 0 Å². The first-order chi connectivity index (χ1) is 9.76. The van der Waals surface area contributed by atoms with Crippen molar-refractivity contribution in [3.63, 3.8) is 0 Å².